The summed E-state index contributed by atoms with van der Waals surface area (Å²) in [7, 11) is 0. The summed E-state index contributed by atoms with van der Waals surface area (Å²) in [6.45, 7) is 0. The van der Waals surface area contributed by atoms with Crippen molar-refractivity contribution in [3.8, 4) is 0 Å². The van der Waals surface area contributed by atoms with Gasteiger partial charge in [-0.05, 0) is 0 Å². The van der Waals surface area contributed by atoms with E-state index in [4.69, 9.17) is 4.74 Å². The molecule has 3 heteroatoms. The van der Waals surface area contributed by atoms with Gasteiger partial charge < -0.3 is 10.1 Å². The van der Waals surface area contributed by atoms with Crippen molar-refractivity contribution in [2.75, 3.05) is 0 Å². The van der Waals surface area contributed by atoms with Gasteiger partial charge in [0.25, 0.3) is 6.35 Å². The van der Waals surface area contributed by atoms with Crippen molar-refractivity contribution in [1.82, 2.24) is 10.6 Å². The van der Waals surface area contributed by atoms with Crippen molar-refractivity contribution < 1.29 is 4.74 Å². The highest BCUT2D eigenvalue weighted by molar-refractivity contribution is 5.05. The molecule has 0 spiro atoms. The van der Waals surface area contributed by atoms with E-state index in [9.17, 15) is 0 Å². The topological polar surface area (TPSA) is 35.4 Å². The lowest BCUT2D eigenvalue weighted by Crippen LogP contribution is -2.41. The molecule has 1 atom stereocenters. The minimum atomic E-state index is -0.0278. The molecule has 0 aromatic carbocycles. The van der Waals surface area contributed by atoms with Gasteiger partial charge in [0, 0.05) is 0 Å². The zero-order chi connectivity index (χ0) is 3.98. The number of nitrogens with zero attached hydrogens (tertiary/aromatic N) is 1. The maximum atomic E-state index is 4.83. The zero-order valence-corrected chi connectivity index (χ0v) is 3.01. The van der Waals surface area contributed by atoms with E-state index in [0.717, 1.165) is 5.88 Å². The summed E-state index contributed by atoms with van der Waals surface area (Å²) in [5.74, 6) is 0.806. The standard InChI is InChI=1S/C3H3N2O/c1-2-5-3(4-1)6-2/h1,3,5H. The maximum absolute atomic E-state index is 4.83. The Morgan fingerprint density at radius 2 is 2.83 bits per heavy atom. The van der Waals surface area contributed by atoms with Crippen molar-refractivity contribution in [3.63, 3.8) is 0 Å². The monoisotopic (exact) mass is 83.0 g/mol. The molecule has 1 N–H and O–H groups in total. The second-order valence-corrected chi connectivity index (χ2v) is 1.26. The van der Waals surface area contributed by atoms with Crippen LogP contribution in [0, 0.1) is 0 Å². The quantitative estimate of drug-likeness (QED) is 0.420. The van der Waals surface area contributed by atoms with Gasteiger partial charge in [-0.2, -0.15) is 0 Å². The molecule has 6 heavy (non-hydrogen) atoms. The first kappa shape index (κ1) is 2.34. The zero-order valence-electron chi connectivity index (χ0n) is 3.01. The second-order valence-electron chi connectivity index (χ2n) is 1.26. The van der Waals surface area contributed by atoms with E-state index in [1.165, 1.54) is 0 Å². The van der Waals surface area contributed by atoms with E-state index in [2.05, 4.69) is 10.6 Å². The second kappa shape index (κ2) is 0.489. The fraction of sp³-hybridized carbons (Fsp3) is 0.333. The average Bonchev–Trinajstić information content (AvgIpc) is 1.72. The Morgan fingerprint density at radius 1 is 2.00 bits per heavy atom. The molecule has 3 aliphatic rings. The van der Waals surface area contributed by atoms with Crippen LogP contribution in [0.1, 0.15) is 0 Å². The molecule has 0 aliphatic carbocycles. The molecular weight excluding hydrogens is 80.0 g/mol. The Kier molecular flexibility index (Phi) is 0.190. The number of hydrogen-bond donors (Lipinski definition) is 1. The number of nitrogens with one attached hydrogen (secondary N) is 1. The van der Waals surface area contributed by atoms with Gasteiger partial charge in [0.1, 0.15) is 0 Å². The van der Waals surface area contributed by atoms with Crippen molar-refractivity contribution in [2.24, 2.45) is 0 Å². The van der Waals surface area contributed by atoms with Crippen LogP contribution in [0.25, 0.3) is 0 Å². The van der Waals surface area contributed by atoms with Gasteiger partial charge in [0.2, 0.25) is 5.88 Å². The third-order valence-electron chi connectivity index (χ3n) is 0.832. The van der Waals surface area contributed by atoms with E-state index in [-0.39, 0.29) is 6.35 Å². The summed E-state index contributed by atoms with van der Waals surface area (Å²) in [6.07, 6.45) is 1.66. The summed E-state index contributed by atoms with van der Waals surface area (Å²) >= 11 is 0. The van der Waals surface area contributed by atoms with Crippen LogP contribution in [0.15, 0.2) is 12.1 Å². The highest BCUT2D eigenvalue weighted by Crippen LogP contribution is 2.15. The molecule has 3 heterocycles. The third-order valence-corrected chi connectivity index (χ3v) is 0.832. The first-order valence-electron chi connectivity index (χ1n) is 1.78. The molecule has 3 rings (SSSR count). The van der Waals surface area contributed by atoms with Crippen LogP contribution >= 0.6 is 0 Å². The summed E-state index contributed by atoms with van der Waals surface area (Å²) in [5.41, 5.74) is 0. The number of fused-ring (bicyclic) bond motifs is 1. The van der Waals surface area contributed by atoms with E-state index in [1.54, 1.807) is 6.20 Å². The van der Waals surface area contributed by atoms with Gasteiger partial charge >= 0.3 is 0 Å². The van der Waals surface area contributed by atoms with Gasteiger partial charge in [-0.1, -0.05) is 0 Å². The molecule has 31 valence electrons. The molecule has 1 radical (unpaired) electrons. The minimum absolute atomic E-state index is 0.0278. The highest BCUT2D eigenvalue weighted by atomic mass is 16.6. The molecule has 3 nitrogen and oxygen atoms in total. The van der Waals surface area contributed by atoms with Gasteiger partial charge in [-0.15, -0.1) is 0 Å². The molecule has 0 saturated carbocycles. The first-order valence-corrected chi connectivity index (χ1v) is 1.78. The lowest BCUT2D eigenvalue weighted by atomic mass is 10.8. The predicted molar refractivity (Wildman–Crippen MR) is 18.2 cm³/mol. The Morgan fingerprint density at radius 3 is 3.00 bits per heavy atom. The number of hydrogen-bond acceptors (Lipinski definition) is 2. The van der Waals surface area contributed by atoms with Crippen LogP contribution in [0.4, 0.5) is 0 Å². The maximum Gasteiger partial charge on any atom is 0.272 e. The number of rotatable bonds is 0. The van der Waals surface area contributed by atoms with E-state index in [0.29, 0.717) is 0 Å². The molecule has 1 fully saturated rings. The van der Waals surface area contributed by atoms with Crippen molar-refractivity contribution in [2.45, 2.75) is 6.35 Å². The van der Waals surface area contributed by atoms with Gasteiger partial charge in [0.15, 0.2) is 0 Å². The van der Waals surface area contributed by atoms with Crippen molar-refractivity contribution >= 4 is 0 Å². The Balaban J connectivity index is 2.37. The molecule has 1 unspecified atom stereocenters. The van der Waals surface area contributed by atoms with Crippen molar-refractivity contribution in [3.05, 3.63) is 12.1 Å². The van der Waals surface area contributed by atoms with Crippen LogP contribution in [0.5, 0.6) is 0 Å². The Labute approximate surface area is 35.0 Å². The Hall–Kier alpha value is -0.860. The van der Waals surface area contributed by atoms with Gasteiger partial charge in [-0.25, -0.2) is 5.32 Å². The summed E-state index contributed by atoms with van der Waals surface area (Å²) in [5, 5.41) is 6.70. The largest absolute Gasteiger partial charge is 0.434 e. The molecule has 0 amide bonds. The fourth-order valence-electron chi connectivity index (χ4n) is 0.518. The van der Waals surface area contributed by atoms with Crippen LogP contribution < -0.4 is 10.6 Å². The summed E-state index contributed by atoms with van der Waals surface area (Å²) in [6, 6.07) is 0. The van der Waals surface area contributed by atoms with E-state index < -0.39 is 0 Å². The first-order chi connectivity index (χ1) is 2.95. The smallest absolute Gasteiger partial charge is 0.272 e. The Bertz CT molecular complexity index is 98.6. The molecule has 0 aromatic rings. The summed E-state index contributed by atoms with van der Waals surface area (Å²) < 4.78 is 4.83. The molecule has 0 aromatic heterocycles. The van der Waals surface area contributed by atoms with Crippen LogP contribution in [0.2, 0.25) is 0 Å². The normalized spacial score (nSPS) is 34.7. The number of ether oxygens (including phenoxy) is 1. The molecular formula is C3H3N2O. The minimum Gasteiger partial charge on any atom is -0.434 e. The van der Waals surface area contributed by atoms with Gasteiger partial charge in [0.05, 0.1) is 6.20 Å². The van der Waals surface area contributed by atoms with Crippen LogP contribution in [-0.2, 0) is 4.74 Å². The lowest BCUT2D eigenvalue weighted by molar-refractivity contribution is -0.00231. The molecule has 3 aliphatic heterocycles. The predicted octanol–water partition coefficient (Wildman–Crippen LogP) is -0.693. The van der Waals surface area contributed by atoms with Gasteiger partial charge in [-0.3, -0.25) is 0 Å². The summed E-state index contributed by atoms with van der Waals surface area (Å²) in [4.78, 5) is 0. The van der Waals surface area contributed by atoms with Crippen LogP contribution in [0.3, 0.4) is 0 Å². The highest BCUT2D eigenvalue weighted by Gasteiger charge is 2.30. The fourth-order valence-corrected chi connectivity index (χ4v) is 0.518. The SMILES string of the molecule is C1=C2NC([N]1)O2. The molecule has 1 saturated heterocycles. The molecule has 2 bridgehead atoms. The third kappa shape index (κ3) is 0.0976. The lowest BCUT2D eigenvalue weighted by Gasteiger charge is -2.21. The van der Waals surface area contributed by atoms with E-state index >= 15 is 0 Å². The average molecular weight is 83.1 g/mol. The van der Waals surface area contributed by atoms with Crippen LogP contribution in [-0.4, -0.2) is 6.35 Å². The van der Waals surface area contributed by atoms with Crippen molar-refractivity contribution in [1.29, 1.82) is 0 Å². The van der Waals surface area contributed by atoms with E-state index in [1.807, 2.05) is 0 Å².